The third kappa shape index (κ3) is 2.90. The number of rotatable bonds is 4. The molecule has 0 aliphatic carbocycles. The van der Waals surface area contributed by atoms with E-state index in [-0.39, 0.29) is 17.0 Å². The zero-order valence-electron chi connectivity index (χ0n) is 15.4. The quantitative estimate of drug-likeness (QED) is 0.654. The van der Waals surface area contributed by atoms with Crippen LogP contribution in [0.4, 0.5) is 0 Å². The van der Waals surface area contributed by atoms with Crippen molar-refractivity contribution in [3.05, 3.63) is 65.4 Å². The largest absolute Gasteiger partial charge is 0.465 e. The van der Waals surface area contributed by atoms with Crippen LogP contribution in [0.15, 0.2) is 53.4 Å². The highest BCUT2D eigenvalue weighted by molar-refractivity contribution is 7.89. The van der Waals surface area contributed by atoms with Gasteiger partial charge in [0.2, 0.25) is 10.0 Å². The first-order valence-corrected chi connectivity index (χ1v) is 10.3. The Morgan fingerprint density at radius 2 is 1.86 bits per heavy atom. The molecule has 0 saturated heterocycles. The third-order valence-corrected chi connectivity index (χ3v) is 6.58. The van der Waals surface area contributed by atoms with Crippen LogP contribution in [0.1, 0.15) is 27.7 Å². The molecule has 0 saturated carbocycles. The Balaban J connectivity index is 1.73. The Morgan fingerprint density at radius 1 is 1.18 bits per heavy atom. The molecule has 1 aliphatic rings. The molecule has 2 aromatic carbocycles. The molecule has 28 heavy (non-hydrogen) atoms. The van der Waals surface area contributed by atoms with Crippen molar-refractivity contribution in [2.75, 3.05) is 7.11 Å². The minimum absolute atomic E-state index is 0.125. The number of benzene rings is 2. The maximum Gasteiger partial charge on any atom is 0.340 e. The Bertz CT molecular complexity index is 1170. The molecule has 8 heteroatoms. The number of hydrogen-bond acceptors (Lipinski definition) is 5. The van der Waals surface area contributed by atoms with Crippen LogP contribution in [-0.2, 0) is 21.3 Å². The van der Waals surface area contributed by atoms with Crippen molar-refractivity contribution in [3.63, 3.8) is 0 Å². The molecule has 2 N–H and O–H groups in total. The van der Waals surface area contributed by atoms with Crippen LogP contribution < -0.4 is 4.72 Å². The molecule has 1 aromatic heterocycles. The smallest absolute Gasteiger partial charge is 0.340 e. The van der Waals surface area contributed by atoms with Gasteiger partial charge < -0.3 is 14.4 Å². The lowest BCUT2D eigenvalue weighted by atomic mass is 10.1. The van der Waals surface area contributed by atoms with Crippen LogP contribution in [-0.4, -0.2) is 37.2 Å². The second kappa shape index (κ2) is 6.73. The average Bonchev–Trinajstić information content (AvgIpc) is 3.16. The van der Waals surface area contributed by atoms with Gasteiger partial charge in [-0.25, -0.2) is 17.9 Å². The van der Waals surface area contributed by atoms with E-state index in [0.29, 0.717) is 11.1 Å². The zero-order valence-corrected chi connectivity index (χ0v) is 16.2. The number of para-hydroxylation sites is 1. The topological polar surface area (TPSA) is 97.6 Å². The lowest BCUT2D eigenvalue weighted by Gasteiger charge is -2.17. The van der Waals surface area contributed by atoms with Gasteiger partial charge in [-0.05, 0) is 25.1 Å². The first-order valence-electron chi connectivity index (χ1n) is 8.80. The highest BCUT2D eigenvalue weighted by Gasteiger charge is 2.40. The number of esters is 1. The Hall–Kier alpha value is -2.68. The molecule has 2 atom stereocenters. The van der Waals surface area contributed by atoms with Gasteiger partial charge in [-0.2, -0.15) is 0 Å². The molecule has 2 heterocycles. The van der Waals surface area contributed by atoms with Crippen LogP contribution in [0.25, 0.3) is 10.9 Å². The van der Waals surface area contributed by atoms with E-state index < -0.39 is 28.1 Å². The Labute approximate surface area is 162 Å². The molecular formula is C20H20N2O5S. The summed E-state index contributed by atoms with van der Waals surface area (Å²) in [5, 5.41) is 11.5. The number of carbonyl (C=O) groups excluding carboxylic acids is 1. The summed E-state index contributed by atoms with van der Waals surface area (Å²) in [6, 6.07) is 12.9. The summed E-state index contributed by atoms with van der Waals surface area (Å²) in [7, 11) is -2.54. The Kier molecular flexibility index (Phi) is 4.49. The van der Waals surface area contributed by atoms with Crippen molar-refractivity contribution in [3.8, 4) is 0 Å². The molecule has 3 aromatic rings. The van der Waals surface area contributed by atoms with E-state index in [1.807, 2.05) is 19.1 Å². The van der Waals surface area contributed by atoms with Gasteiger partial charge in [0, 0.05) is 17.4 Å². The van der Waals surface area contributed by atoms with Crippen LogP contribution in [0.5, 0.6) is 0 Å². The average molecular weight is 400 g/mol. The fourth-order valence-corrected chi connectivity index (χ4v) is 4.95. The van der Waals surface area contributed by atoms with Crippen LogP contribution in [0, 0.1) is 6.92 Å². The second-order valence-electron chi connectivity index (χ2n) is 6.87. The number of fused-ring (bicyclic) bond motifs is 3. The van der Waals surface area contributed by atoms with Gasteiger partial charge in [-0.15, -0.1) is 0 Å². The molecule has 7 nitrogen and oxygen atoms in total. The second-order valence-corrected chi connectivity index (χ2v) is 8.58. The standard InChI is InChI=1S/C20H20N2O5S/c1-12-7-9-13(10-8-12)28(25,26)21-15-11-22-16-6-4-3-5-14(16)17(20(24)27-2)18(22)19(15)23/h3-10,15,19,21,23H,11H2,1-2H3/t15-,19-/m0/s1. The van der Waals surface area contributed by atoms with Crippen molar-refractivity contribution >= 4 is 26.9 Å². The monoisotopic (exact) mass is 400 g/mol. The summed E-state index contributed by atoms with van der Waals surface area (Å²) in [6.07, 6.45) is -1.18. The normalized spacial score (nSPS) is 19.0. The molecule has 1 aliphatic heterocycles. The van der Waals surface area contributed by atoms with Gasteiger partial charge in [-0.1, -0.05) is 35.9 Å². The number of nitrogens with zero attached hydrogens (tertiary/aromatic N) is 1. The van der Waals surface area contributed by atoms with Gasteiger partial charge in [0.25, 0.3) is 0 Å². The minimum Gasteiger partial charge on any atom is -0.465 e. The first-order chi connectivity index (χ1) is 13.3. The van der Waals surface area contributed by atoms with Gasteiger partial charge in [-0.3, -0.25) is 0 Å². The van der Waals surface area contributed by atoms with E-state index >= 15 is 0 Å². The highest BCUT2D eigenvalue weighted by Crippen LogP contribution is 2.38. The molecule has 0 spiro atoms. The van der Waals surface area contributed by atoms with Gasteiger partial charge >= 0.3 is 5.97 Å². The highest BCUT2D eigenvalue weighted by atomic mass is 32.2. The summed E-state index contributed by atoms with van der Waals surface area (Å²) in [4.78, 5) is 12.5. The van der Waals surface area contributed by atoms with Crippen molar-refractivity contribution < 1.29 is 23.1 Å². The zero-order chi connectivity index (χ0) is 20.1. The Morgan fingerprint density at radius 3 is 2.54 bits per heavy atom. The van der Waals surface area contributed by atoms with E-state index in [0.717, 1.165) is 11.1 Å². The van der Waals surface area contributed by atoms with Crippen molar-refractivity contribution in [2.24, 2.45) is 0 Å². The number of aliphatic hydroxyl groups is 1. The van der Waals surface area contributed by atoms with Crippen LogP contribution in [0.3, 0.4) is 0 Å². The number of aliphatic hydroxyl groups excluding tert-OH is 1. The molecule has 4 rings (SSSR count). The lowest BCUT2D eigenvalue weighted by molar-refractivity contribution is 0.0595. The van der Waals surface area contributed by atoms with E-state index in [9.17, 15) is 18.3 Å². The molecule has 146 valence electrons. The molecule has 0 amide bonds. The molecular weight excluding hydrogens is 380 g/mol. The first kappa shape index (κ1) is 18.7. The lowest BCUT2D eigenvalue weighted by Crippen LogP contribution is -2.38. The third-order valence-electron chi connectivity index (χ3n) is 5.08. The fourth-order valence-electron chi connectivity index (χ4n) is 3.72. The molecule has 0 unspecified atom stereocenters. The van der Waals surface area contributed by atoms with Gasteiger partial charge in [0.05, 0.1) is 29.3 Å². The SMILES string of the molecule is COC(=O)c1c2n(c3ccccc13)C[C@H](NS(=O)(=O)c1ccc(C)cc1)[C@@H]2O. The predicted octanol–water partition coefficient (Wildman–Crippen LogP) is 2.13. The maximum absolute atomic E-state index is 12.7. The number of sulfonamides is 1. The van der Waals surface area contributed by atoms with E-state index in [1.54, 1.807) is 28.8 Å². The number of aromatic nitrogens is 1. The molecule has 0 fully saturated rings. The number of nitrogens with one attached hydrogen (secondary N) is 1. The van der Waals surface area contributed by atoms with Crippen molar-refractivity contribution in [2.45, 2.75) is 30.5 Å². The number of aryl methyl sites for hydroxylation is 1. The summed E-state index contributed by atoms with van der Waals surface area (Å²) in [5.74, 6) is -0.564. The summed E-state index contributed by atoms with van der Waals surface area (Å²) in [6.45, 7) is 2.08. The number of carbonyl (C=O) groups is 1. The number of methoxy groups -OCH3 is 1. The predicted molar refractivity (Wildman–Crippen MR) is 104 cm³/mol. The van der Waals surface area contributed by atoms with Crippen molar-refractivity contribution in [1.82, 2.24) is 9.29 Å². The molecule has 0 bridgehead atoms. The van der Waals surface area contributed by atoms with Crippen LogP contribution >= 0.6 is 0 Å². The number of ether oxygens (including phenoxy) is 1. The minimum atomic E-state index is -3.82. The molecule has 0 radical (unpaired) electrons. The maximum atomic E-state index is 12.7. The summed E-state index contributed by atoms with van der Waals surface area (Å²) < 4.78 is 34.7. The van der Waals surface area contributed by atoms with Gasteiger partial charge in [0.15, 0.2) is 0 Å². The van der Waals surface area contributed by atoms with E-state index in [4.69, 9.17) is 4.74 Å². The summed E-state index contributed by atoms with van der Waals surface area (Å²) >= 11 is 0. The fraction of sp³-hybridized carbons (Fsp3) is 0.250. The number of hydrogen-bond donors (Lipinski definition) is 2. The summed E-state index contributed by atoms with van der Waals surface area (Å²) in [5.41, 5.74) is 2.33. The van der Waals surface area contributed by atoms with Crippen LogP contribution in [0.2, 0.25) is 0 Å². The van der Waals surface area contributed by atoms with E-state index in [2.05, 4.69) is 4.72 Å². The van der Waals surface area contributed by atoms with E-state index in [1.165, 1.54) is 19.2 Å². The van der Waals surface area contributed by atoms with Crippen molar-refractivity contribution in [1.29, 1.82) is 0 Å². The van der Waals surface area contributed by atoms with Gasteiger partial charge in [0.1, 0.15) is 6.10 Å².